The van der Waals surface area contributed by atoms with E-state index in [1.165, 1.54) is 6.07 Å². The summed E-state index contributed by atoms with van der Waals surface area (Å²) in [5.74, 6) is -2.33. The molecule has 5 heteroatoms. The number of rotatable bonds is 2. The number of carbonyl (C=O) groups is 1. The summed E-state index contributed by atoms with van der Waals surface area (Å²) in [7, 11) is 0. The highest BCUT2D eigenvalue weighted by Gasteiger charge is 2.19. The Hall–Kier alpha value is -1.13. The fourth-order valence-corrected chi connectivity index (χ4v) is 1.02. The van der Waals surface area contributed by atoms with Crippen molar-refractivity contribution in [2.45, 2.75) is 6.10 Å². The van der Waals surface area contributed by atoms with Crippen molar-refractivity contribution in [3.63, 3.8) is 0 Å². The summed E-state index contributed by atoms with van der Waals surface area (Å²) in [6.45, 7) is 0. The normalized spacial score (nSPS) is 12.5. The first-order valence-corrected chi connectivity index (χ1v) is 3.76. The number of carboxylic acids is 1. The first-order valence-electron chi connectivity index (χ1n) is 3.38. The average molecular weight is 205 g/mol. The van der Waals surface area contributed by atoms with E-state index in [-0.39, 0.29) is 10.6 Å². The number of carboxylic acid groups (broad SMARTS) is 1. The van der Waals surface area contributed by atoms with Gasteiger partial charge in [0, 0.05) is 10.6 Å². The van der Waals surface area contributed by atoms with Gasteiger partial charge in [-0.25, -0.2) is 9.18 Å². The molecular weight excluding hydrogens is 199 g/mol. The molecule has 13 heavy (non-hydrogen) atoms. The van der Waals surface area contributed by atoms with Crippen LogP contribution in [0.1, 0.15) is 11.7 Å². The lowest BCUT2D eigenvalue weighted by atomic mass is 10.1. The summed E-state index contributed by atoms with van der Waals surface area (Å²) < 4.78 is 13.0. The number of halogens is 2. The number of hydrogen-bond donors (Lipinski definition) is 2. The van der Waals surface area contributed by atoms with Gasteiger partial charge in [-0.1, -0.05) is 17.7 Å². The molecule has 1 rings (SSSR count). The second-order valence-electron chi connectivity index (χ2n) is 2.41. The first-order chi connectivity index (χ1) is 6.02. The Bertz CT molecular complexity index is 340. The quantitative estimate of drug-likeness (QED) is 0.769. The molecule has 0 saturated heterocycles. The van der Waals surface area contributed by atoms with Crippen molar-refractivity contribution in [1.82, 2.24) is 0 Å². The van der Waals surface area contributed by atoms with E-state index in [1.807, 2.05) is 0 Å². The van der Waals surface area contributed by atoms with Crippen molar-refractivity contribution in [3.05, 3.63) is 34.6 Å². The average Bonchev–Trinajstić information content (AvgIpc) is 2.03. The van der Waals surface area contributed by atoms with Gasteiger partial charge in [-0.2, -0.15) is 0 Å². The van der Waals surface area contributed by atoms with E-state index in [0.29, 0.717) is 0 Å². The summed E-state index contributed by atoms with van der Waals surface area (Å²) >= 11 is 5.43. The minimum atomic E-state index is -1.85. The van der Waals surface area contributed by atoms with E-state index in [4.69, 9.17) is 21.8 Å². The van der Waals surface area contributed by atoms with Crippen LogP contribution in [0.2, 0.25) is 5.02 Å². The van der Waals surface area contributed by atoms with Crippen LogP contribution in [0.25, 0.3) is 0 Å². The summed E-state index contributed by atoms with van der Waals surface area (Å²) in [4.78, 5) is 10.3. The molecule has 2 N–H and O–H groups in total. The van der Waals surface area contributed by atoms with E-state index in [1.54, 1.807) is 0 Å². The highest BCUT2D eigenvalue weighted by atomic mass is 35.5. The van der Waals surface area contributed by atoms with E-state index in [2.05, 4.69) is 0 Å². The van der Waals surface area contributed by atoms with Gasteiger partial charge in [-0.05, 0) is 12.1 Å². The highest BCUT2D eigenvalue weighted by Crippen LogP contribution is 2.20. The molecule has 0 heterocycles. The molecule has 0 aliphatic carbocycles. The fraction of sp³-hybridized carbons (Fsp3) is 0.125. The molecule has 0 spiro atoms. The topological polar surface area (TPSA) is 57.5 Å². The Morgan fingerprint density at radius 2 is 2.15 bits per heavy atom. The van der Waals surface area contributed by atoms with Gasteiger partial charge in [-0.3, -0.25) is 0 Å². The zero-order valence-electron chi connectivity index (χ0n) is 6.37. The fourth-order valence-electron chi connectivity index (χ4n) is 0.856. The molecule has 0 radical (unpaired) electrons. The smallest absolute Gasteiger partial charge is 0.337 e. The first kappa shape index (κ1) is 9.95. The number of aliphatic hydroxyl groups is 1. The van der Waals surface area contributed by atoms with E-state index < -0.39 is 17.9 Å². The van der Waals surface area contributed by atoms with Crippen molar-refractivity contribution in [2.24, 2.45) is 0 Å². The lowest BCUT2D eigenvalue weighted by Gasteiger charge is -2.06. The van der Waals surface area contributed by atoms with Crippen LogP contribution in [0.4, 0.5) is 4.39 Å². The van der Waals surface area contributed by atoms with Gasteiger partial charge in [0.2, 0.25) is 0 Å². The van der Waals surface area contributed by atoms with Gasteiger partial charge in [-0.15, -0.1) is 0 Å². The van der Waals surface area contributed by atoms with Crippen LogP contribution < -0.4 is 0 Å². The maximum Gasteiger partial charge on any atom is 0.337 e. The van der Waals surface area contributed by atoms with E-state index in [9.17, 15) is 9.18 Å². The van der Waals surface area contributed by atoms with Gasteiger partial charge >= 0.3 is 5.97 Å². The van der Waals surface area contributed by atoms with Crippen LogP contribution >= 0.6 is 11.6 Å². The van der Waals surface area contributed by atoms with Crippen molar-refractivity contribution < 1.29 is 19.4 Å². The molecule has 1 aromatic rings. The number of benzene rings is 1. The molecule has 0 aromatic heterocycles. The Labute approximate surface area is 78.4 Å². The SMILES string of the molecule is O=C(O)[C@H](O)c1ccc(Cl)cc1F. The van der Waals surface area contributed by atoms with Gasteiger partial charge in [0.15, 0.2) is 6.10 Å². The molecule has 0 aliphatic heterocycles. The molecule has 0 fully saturated rings. The van der Waals surface area contributed by atoms with Crippen LogP contribution in [-0.4, -0.2) is 16.2 Å². The van der Waals surface area contributed by atoms with E-state index in [0.717, 1.165) is 12.1 Å². The van der Waals surface area contributed by atoms with Crippen molar-refractivity contribution >= 4 is 17.6 Å². The predicted molar refractivity (Wildman–Crippen MR) is 44.0 cm³/mol. The highest BCUT2D eigenvalue weighted by molar-refractivity contribution is 6.30. The van der Waals surface area contributed by atoms with Gasteiger partial charge in [0.05, 0.1) is 0 Å². The van der Waals surface area contributed by atoms with Crippen LogP contribution in [0.15, 0.2) is 18.2 Å². The predicted octanol–water partition coefficient (Wildman–Crippen LogP) is 1.60. The Morgan fingerprint density at radius 1 is 1.54 bits per heavy atom. The third-order valence-electron chi connectivity index (χ3n) is 1.49. The number of aliphatic carboxylic acids is 1. The number of aliphatic hydroxyl groups excluding tert-OH is 1. The molecule has 70 valence electrons. The molecule has 0 amide bonds. The van der Waals surface area contributed by atoms with Gasteiger partial charge in [0.25, 0.3) is 0 Å². The van der Waals surface area contributed by atoms with Crippen molar-refractivity contribution in [1.29, 1.82) is 0 Å². The molecule has 1 aromatic carbocycles. The maximum absolute atomic E-state index is 13.0. The molecule has 3 nitrogen and oxygen atoms in total. The molecule has 0 saturated carbocycles. The lowest BCUT2D eigenvalue weighted by molar-refractivity contribution is -0.147. The Balaban J connectivity index is 3.08. The zero-order valence-corrected chi connectivity index (χ0v) is 7.12. The van der Waals surface area contributed by atoms with Crippen LogP contribution in [0.5, 0.6) is 0 Å². The molecule has 1 atom stereocenters. The number of hydrogen-bond acceptors (Lipinski definition) is 2. The largest absolute Gasteiger partial charge is 0.479 e. The summed E-state index contributed by atoms with van der Waals surface area (Å²) in [5, 5.41) is 17.5. The minimum absolute atomic E-state index is 0.152. The second-order valence-corrected chi connectivity index (χ2v) is 2.84. The minimum Gasteiger partial charge on any atom is -0.479 e. The van der Waals surface area contributed by atoms with Crippen molar-refractivity contribution in [3.8, 4) is 0 Å². The third-order valence-corrected chi connectivity index (χ3v) is 1.73. The van der Waals surface area contributed by atoms with Crippen LogP contribution in [0, 0.1) is 5.82 Å². The van der Waals surface area contributed by atoms with Crippen molar-refractivity contribution in [2.75, 3.05) is 0 Å². The Morgan fingerprint density at radius 3 is 2.62 bits per heavy atom. The third kappa shape index (κ3) is 2.17. The molecule has 0 aliphatic rings. The standard InChI is InChI=1S/C8H6ClFO3/c9-4-1-2-5(6(10)3-4)7(11)8(12)13/h1-3,7,11H,(H,12,13)/t7-/m1/s1. The second kappa shape index (κ2) is 3.72. The molecule has 0 unspecified atom stereocenters. The van der Waals surface area contributed by atoms with Crippen LogP contribution in [-0.2, 0) is 4.79 Å². The maximum atomic E-state index is 13.0. The van der Waals surface area contributed by atoms with E-state index >= 15 is 0 Å². The van der Waals surface area contributed by atoms with Crippen LogP contribution in [0.3, 0.4) is 0 Å². The summed E-state index contributed by atoms with van der Waals surface area (Å²) in [6.07, 6.45) is -1.85. The zero-order chi connectivity index (χ0) is 10.0. The van der Waals surface area contributed by atoms with Gasteiger partial charge in [0.1, 0.15) is 5.82 Å². The lowest BCUT2D eigenvalue weighted by Crippen LogP contribution is -2.11. The summed E-state index contributed by atoms with van der Waals surface area (Å²) in [5.41, 5.74) is -0.295. The summed E-state index contributed by atoms with van der Waals surface area (Å²) in [6, 6.07) is 3.39. The van der Waals surface area contributed by atoms with Gasteiger partial charge < -0.3 is 10.2 Å². The monoisotopic (exact) mass is 204 g/mol. The molecular formula is C8H6ClFO3. The Kier molecular flexibility index (Phi) is 2.85. The molecule has 0 bridgehead atoms.